The molecule has 1 fully saturated rings. The molecule has 1 saturated heterocycles. The molecular weight excluding hydrogens is 268 g/mol. The van der Waals surface area contributed by atoms with Crippen molar-refractivity contribution in [2.45, 2.75) is 25.8 Å². The zero-order chi connectivity index (χ0) is 13.6. The Hall–Kier alpha value is -1.17. The van der Waals surface area contributed by atoms with Gasteiger partial charge in [0.05, 0.1) is 16.8 Å². The highest BCUT2D eigenvalue weighted by molar-refractivity contribution is 7.13. The van der Waals surface area contributed by atoms with E-state index in [0.29, 0.717) is 0 Å². The first-order valence-electron chi connectivity index (χ1n) is 7.42. The monoisotopic (exact) mass is 290 g/mol. The van der Waals surface area contributed by atoms with E-state index in [1.165, 1.54) is 42.8 Å². The molecule has 4 nitrogen and oxygen atoms in total. The third kappa shape index (κ3) is 3.48. The molecule has 0 radical (unpaired) electrons. The molecule has 0 atom stereocenters. The van der Waals surface area contributed by atoms with Gasteiger partial charge in [-0.3, -0.25) is 5.10 Å². The van der Waals surface area contributed by atoms with Crippen LogP contribution in [0, 0.1) is 0 Å². The number of nitrogens with one attached hydrogen (secondary N) is 2. The molecule has 0 aromatic carbocycles. The number of aromatic amines is 1. The number of nitrogens with zero attached hydrogens (tertiary/aromatic N) is 2. The number of rotatable bonds is 6. The fourth-order valence-electron chi connectivity index (χ4n) is 2.72. The maximum absolute atomic E-state index is 4.18. The highest BCUT2D eigenvalue weighted by Gasteiger charge is 2.10. The summed E-state index contributed by atoms with van der Waals surface area (Å²) >= 11 is 1.75. The van der Waals surface area contributed by atoms with Crippen LogP contribution in [0.3, 0.4) is 0 Å². The van der Waals surface area contributed by atoms with Crippen molar-refractivity contribution in [2.75, 3.05) is 26.2 Å². The molecule has 0 spiro atoms. The minimum absolute atomic E-state index is 0.886. The van der Waals surface area contributed by atoms with Crippen LogP contribution in [-0.2, 0) is 6.54 Å². The SMILES string of the molecule is c1csc(-c2[nH]ncc2CNCCN2CCCCC2)c1. The second kappa shape index (κ2) is 7.02. The van der Waals surface area contributed by atoms with Crippen molar-refractivity contribution in [3.05, 3.63) is 29.3 Å². The summed E-state index contributed by atoms with van der Waals surface area (Å²) in [5.74, 6) is 0. The summed E-state index contributed by atoms with van der Waals surface area (Å²) in [5.41, 5.74) is 2.41. The lowest BCUT2D eigenvalue weighted by atomic mass is 10.1. The van der Waals surface area contributed by atoms with Crippen LogP contribution in [0.2, 0.25) is 0 Å². The number of H-pyrrole nitrogens is 1. The molecule has 5 heteroatoms. The third-order valence-electron chi connectivity index (χ3n) is 3.85. The number of likely N-dealkylation sites (tertiary alicyclic amines) is 1. The van der Waals surface area contributed by atoms with E-state index < -0.39 is 0 Å². The lowest BCUT2D eigenvalue weighted by Gasteiger charge is -2.26. The van der Waals surface area contributed by atoms with E-state index in [4.69, 9.17) is 0 Å². The van der Waals surface area contributed by atoms with Gasteiger partial charge >= 0.3 is 0 Å². The van der Waals surface area contributed by atoms with E-state index >= 15 is 0 Å². The Bertz CT molecular complexity index is 500. The predicted octanol–water partition coefficient (Wildman–Crippen LogP) is 2.71. The maximum atomic E-state index is 4.18. The molecule has 20 heavy (non-hydrogen) atoms. The molecule has 2 N–H and O–H groups in total. The molecule has 0 saturated carbocycles. The van der Waals surface area contributed by atoms with E-state index in [1.807, 2.05) is 6.20 Å². The largest absolute Gasteiger partial charge is 0.311 e. The first-order chi connectivity index (χ1) is 9.93. The number of piperidine rings is 1. The van der Waals surface area contributed by atoms with Crippen LogP contribution in [0.25, 0.3) is 10.6 Å². The van der Waals surface area contributed by atoms with Gasteiger partial charge in [0.2, 0.25) is 0 Å². The topological polar surface area (TPSA) is 44.0 Å². The van der Waals surface area contributed by atoms with E-state index in [-0.39, 0.29) is 0 Å². The fourth-order valence-corrected chi connectivity index (χ4v) is 3.48. The molecule has 1 aliphatic heterocycles. The lowest BCUT2D eigenvalue weighted by Crippen LogP contribution is -2.35. The van der Waals surface area contributed by atoms with Crippen molar-refractivity contribution in [3.63, 3.8) is 0 Å². The Morgan fingerprint density at radius 2 is 2.20 bits per heavy atom. The molecule has 3 rings (SSSR count). The van der Waals surface area contributed by atoms with E-state index in [2.05, 4.69) is 37.9 Å². The van der Waals surface area contributed by atoms with Crippen LogP contribution < -0.4 is 5.32 Å². The van der Waals surface area contributed by atoms with Crippen LogP contribution in [-0.4, -0.2) is 41.3 Å². The van der Waals surface area contributed by atoms with Crippen molar-refractivity contribution in [3.8, 4) is 10.6 Å². The summed E-state index contributed by atoms with van der Waals surface area (Å²) in [6.07, 6.45) is 6.07. The quantitative estimate of drug-likeness (QED) is 0.804. The van der Waals surface area contributed by atoms with Gasteiger partial charge in [0.15, 0.2) is 0 Å². The molecule has 1 aliphatic rings. The average Bonchev–Trinajstić information content (AvgIpc) is 3.15. The summed E-state index contributed by atoms with van der Waals surface area (Å²) in [5, 5.41) is 12.9. The van der Waals surface area contributed by atoms with E-state index in [0.717, 1.165) is 25.3 Å². The van der Waals surface area contributed by atoms with Gasteiger partial charge in [-0.1, -0.05) is 12.5 Å². The highest BCUT2D eigenvalue weighted by Crippen LogP contribution is 2.25. The lowest BCUT2D eigenvalue weighted by molar-refractivity contribution is 0.229. The van der Waals surface area contributed by atoms with Gasteiger partial charge in [-0.25, -0.2) is 0 Å². The number of hydrogen-bond donors (Lipinski definition) is 2. The average molecular weight is 290 g/mol. The van der Waals surface area contributed by atoms with E-state index in [1.54, 1.807) is 11.3 Å². The maximum Gasteiger partial charge on any atom is 0.0794 e. The number of thiophene rings is 1. The van der Waals surface area contributed by atoms with Gasteiger partial charge in [-0.15, -0.1) is 11.3 Å². The molecule has 0 unspecified atom stereocenters. The van der Waals surface area contributed by atoms with Crippen molar-refractivity contribution in [2.24, 2.45) is 0 Å². The molecular formula is C15H22N4S. The normalized spacial score (nSPS) is 16.6. The van der Waals surface area contributed by atoms with Gasteiger partial charge in [0.25, 0.3) is 0 Å². The van der Waals surface area contributed by atoms with Crippen LogP contribution >= 0.6 is 11.3 Å². The molecule has 0 amide bonds. The predicted molar refractivity (Wildman–Crippen MR) is 83.9 cm³/mol. The number of hydrogen-bond acceptors (Lipinski definition) is 4. The van der Waals surface area contributed by atoms with Gasteiger partial charge in [-0.05, 0) is 37.4 Å². The highest BCUT2D eigenvalue weighted by atomic mass is 32.1. The molecule has 3 heterocycles. The van der Waals surface area contributed by atoms with Crippen molar-refractivity contribution < 1.29 is 0 Å². The summed E-state index contributed by atoms with van der Waals surface area (Å²) in [6, 6.07) is 4.21. The first kappa shape index (κ1) is 13.8. The van der Waals surface area contributed by atoms with Gasteiger partial charge in [-0.2, -0.15) is 5.10 Å². The molecule has 108 valence electrons. The minimum Gasteiger partial charge on any atom is -0.311 e. The van der Waals surface area contributed by atoms with Crippen molar-refractivity contribution >= 4 is 11.3 Å². The van der Waals surface area contributed by atoms with Crippen LogP contribution in [0.1, 0.15) is 24.8 Å². The standard InChI is InChI=1S/C15H22N4S/c1-2-7-19(8-3-1)9-6-16-11-13-12-17-18-15(13)14-5-4-10-20-14/h4-5,10,12,16H,1-3,6-9,11H2,(H,17,18). The fraction of sp³-hybridized carbons (Fsp3) is 0.533. The Labute approximate surface area is 124 Å². The Kier molecular flexibility index (Phi) is 4.84. The van der Waals surface area contributed by atoms with E-state index in [9.17, 15) is 0 Å². The summed E-state index contributed by atoms with van der Waals surface area (Å²) in [7, 11) is 0. The zero-order valence-corrected chi connectivity index (χ0v) is 12.6. The van der Waals surface area contributed by atoms with Gasteiger partial charge in [0.1, 0.15) is 0 Å². The third-order valence-corrected chi connectivity index (χ3v) is 4.74. The van der Waals surface area contributed by atoms with Crippen LogP contribution in [0.5, 0.6) is 0 Å². The Morgan fingerprint density at radius 1 is 1.30 bits per heavy atom. The second-order valence-electron chi connectivity index (χ2n) is 5.33. The molecule has 2 aromatic rings. The second-order valence-corrected chi connectivity index (χ2v) is 6.27. The van der Waals surface area contributed by atoms with Gasteiger partial charge in [0, 0.05) is 25.2 Å². The van der Waals surface area contributed by atoms with Crippen molar-refractivity contribution in [1.82, 2.24) is 20.4 Å². The first-order valence-corrected chi connectivity index (χ1v) is 8.30. The molecule has 0 aliphatic carbocycles. The summed E-state index contributed by atoms with van der Waals surface area (Å²) in [4.78, 5) is 3.82. The van der Waals surface area contributed by atoms with Gasteiger partial charge < -0.3 is 10.2 Å². The van der Waals surface area contributed by atoms with Crippen LogP contribution in [0.4, 0.5) is 0 Å². The minimum atomic E-state index is 0.886. The molecule has 0 bridgehead atoms. The smallest absolute Gasteiger partial charge is 0.0794 e. The van der Waals surface area contributed by atoms with Crippen LogP contribution in [0.15, 0.2) is 23.7 Å². The number of aromatic nitrogens is 2. The zero-order valence-electron chi connectivity index (χ0n) is 11.8. The summed E-state index contributed by atoms with van der Waals surface area (Å²) < 4.78 is 0. The Morgan fingerprint density at radius 3 is 3.00 bits per heavy atom. The van der Waals surface area contributed by atoms with Crippen molar-refractivity contribution in [1.29, 1.82) is 0 Å². The Balaban J connectivity index is 1.46. The summed E-state index contributed by atoms with van der Waals surface area (Å²) in [6.45, 7) is 5.64. The molecule has 2 aromatic heterocycles.